The maximum absolute atomic E-state index is 11.2. The molecule has 0 aliphatic rings. The normalized spacial score (nSPS) is 13.0. The van der Waals surface area contributed by atoms with E-state index in [0.29, 0.717) is 22.2 Å². The molecular weight excluding hydrogens is 447 g/mol. The molecule has 4 rings (SSSR count). The molecule has 0 spiro atoms. The van der Waals surface area contributed by atoms with Crippen LogP contribution in [-0.4, -0.2) is 10.0 Å². The Hall–Kier alpha value is -3.12. The van der Waals surface area contributed by atoms with Crippen LogP contribution in [0.25, 0.3) is 10.8 Å². The van der Waals surface area contributed by atoms with Gasteiger partial charge in [0, 0.05) is 24.2 Å². The van der Waals surface area contributed by atoms with Gasteiger partial charge in [-0.3, -0.25) is 10.1 Å². The molecule has 0 amide bonds. The predicted molar refractivity (Wildman–Crippen MR) is 129 cm³/mol. The Balaban J connectivity index is 1.65. The summed E-state index contributed by atoms with van der Waals surface area (Å²) in [6.07, 6.45) is -0.454. The Morgan fingerprint density at radius 2 is 1.59 bits per heavy atom. The van der Waals surface area contributed by atoms with Crippen molar-refractivity contribution >= 4 is 45.3 Å². The van der Waals surface area contributed by atoms with Gasteiger partial charge in [0.05, 0.1) is 27.1 Å². The monoisotopic (exact) mass is 466 g/mol. The van der Waals surface area contributed by atoms with Gasteiger partial charge in [-0.2, -0.15) is 0 Å². The molecule has 0 bridgehead atoms. The smallest absolute Gasteiger partial charge is 0.271 e. The van der Waals surface area contributed by atoms with Gasteiger partial charge >= 0.3 is 0 Å². The Bertz CT molecular complexity index is 1280. The van der Waals surface area contributed by atoms with Crippen LogP contribution >= 0.6 is 23.2 Å². The highest BCUT2D eigenvalue weighted by Crippen LogP contribution is 2.34. The van der Waals surface area contributed by atoms with Crippen molar-refractivity contribution in [3.05, 3.63) is 116 Å². The Morgan fingerprint density at radius 3 is 2.34 bits per heavy atom. The lowest BCUT2D eigenvalue weighted by atomic mass is 9.95. The van der Waals surface area contributed by atoms with E-state index in [1.807, 2.05) is 48.5 Å². The third kappa shape index (κ3) is 5.02. The Morgan fingerprint density at radius 1 is 0.844 bits per heavy atom. The maximum atomic E-state index is 11.2. The number of hydrogen-bond donors (Lipinski definition) is 2. The van der Waals surface area contributed by atoms with Crippen LogP contribution in [0, 0.1) is 10.1 Å². The number of benzene rings is 4. The van der Waals surface area contributed by atoms with Crippen molar-refractivity contribution in [3.63, 3.8) is 0 Å². The van der Waals surface area contributed by atoms with Gasteiger partial charge in [-0.15, -0.1) is 0 Å². The van der Waals surface area contributed by atoms with Crippen LogP contribution in [0.15, 0.2) is 84.9 Å². The van der Waals surface area contributed by atoms with Crippen LogP contribution in [0.5, 0.6) is 0 Å². The minimum Gasteiger partial charge on any atom is -0.388 e. The van der Waals surface area contributed by atoms with E-state index in [4.69, 9.17) is 23.2 Å². The first-order valence-corrected chi connectivity index (χ1v) is 10.8. The molecule has 2 unspecified atom stereocenters. The summed E-state index contributed by atoms with van der Waals surface area (Å²) in [7, 11) is 0. The van der Waals surface area contributed by atoms with Crippen LogP contribution in [0.4, 0.5) is 11.4 Å². The summed E-state index contributed by atoms with van der Waals surface area (Å²) >= 11 is 12.3. The first-order chi connectivity index (χ1) is 15.4. The lowest BCUT2D eigenvalue weighted by Crippen LogP contribution is -2.15. The zero-order valence-electron chi connectivity index (χ0n) is 16.9. The molecular formula is C25H20Cl2N2O3. The molecule has 0 saturated heterocycles. The largest absolute Gasteiger partial charge is 0.388 e. The van der Waals surface area contributed by atoms with E-state index in [-0.39, 0.29) is 11.7 Å². The van der Waals surface area contributed by atoms with E-state index in [9.17, 15) is 15.2 Å². The van der Waals surface area contributed by atoms with E-state index in [2.05, 4.69) is 5.32 Å². The molecule has 4 aromatic rings. The number of aliphatic hydroxyl groups is 1. The summed E-state index contributed by atoms with van der Waals surface area (Å²) in [4.78, 5) is 10.7. The number of non-ortho nitro benzene ring substituents is 1. The molecule has 0 fully saturated rings. The quantitative estimate of drug-likeness (QED) is 0.220. The molecule has 4 aromatic carbocycles. The number of rotatable bonds is 7. The molecule has 7 heteroatoms. The number of nitro groups is 1. The number of aliphatic hydroxyl groups excluding tert-OH is 1. The Kier molecular flexibility index (Phi) is 6.61. The molecule has 0 aliphatic carbocycles. The van der Waals surface area contributed by atoms with E-state index >= 15 is 0 Å². The molecule has 162 valence electrons. The second-order valence-corrected chi connectivity index (χ2v) is 8.35. The van der Waals surface area contributed by atoms with Crippen LogP contribution in [0.1, 0.15) is 29.7 Å². The first kappa shape index (κ1) is 22.1. The SMILES string of the molecule is O=[N+]([O-])c1cccc(NC(CC(O)c2ccc3ccccc3c2)c2ccc(Cl)c(Cl)c2)c1. The fourth-order valence-corrected chi connectivity index (χ4v) is 4.00. The molecule has 0 heterocycles. The molecule has 0 saturated carbocycles. The van der Waals surface area contributed by atoms with Gasteiger partial charge in [0.1, 0.15) is 0 Å². The number of anilines is 1. The number of fused-ring (bicyclic) bond motifs is 1. The second kappa shape index (κ2) is 9.57. The fraction of sp³-hybridized carbons (Fsp3) is 0.120. The van der Waals surface area contributed by atoms with E-state index in [1.165, 1.54) is 12.1 Å². The highest BCUT2D eigenvalue weighted by Gasteiger charge is 2.20. The first-order valence-electron chi connectivity index (χ1n) is 10.0. The summed E-state index contributed by atoms with van der Waals surface area (Å²) < 4.78 is 0. The fourth-order valence-electron chi connectivity index (χ4n) is 3.69. The van der Waals surface area contributed by atoms with Crippen molar-refractivity contribution in [2.75, 3.05) is 5.32 Å². The predicted octanol–water partition coefficient (Wildman–Crippen LogP) is 7.33. The van der Waals surface area contributed by atoms with E-state index in [0.717, 1.165) is 21.9 Å². The molecule has 2 N–H and O–H groups in total. The minimum atomic E-state index is -0.773. The third-order valence-electron chi connectivity index (χ3n) is 5.36. The summed E-state index contributed by atoms with van der Waals surface area (Å²) in [6, 6.07) is 25.0. The summed E-state index contributed by atoms with van der Waals surface area (Å²) in [5.74, 6) is 0. The lowest BCUT2D eigenvalue weighted by Gasteiger charge is -2.24. The summed E-state index contributed by atoms with van der Waals surface area (Å²) in [6.45, 7) is 0. The number of hydrogen-bond acceptors (Lipinski definition) is 4. The van der Waals surface area contributed by atoms with Gasteiger partial charge in [-0.05, 0) is 46.2 Å². The average molecular weight is 467 g/mol. The molecule has 0 aromatic heterocycles. The number of nitro benzene ring substituents is 1. The van der Waals surface area contributed by atoms with Gasteiger partial charge in [0.15, 0.2) is 0 Å². The van der Waals surface area contributed by atoms with Crippen LogP contribution in [-0.2, 0) is 0 Å². The lowest BCUT2D eigenvalue weighted by molar-refractivity contribution is -0.384. The zero-order chi connectivity index (χ0) is 22.7. The standard InChI is InChI=1S/C25H20Cl2N2O3/c26-22-11-10-18(13-23(22)27)24(28-20-6-3-7-21(14-20)29(31)32)15-25(30)19-9-8-16-4-1-2-5-17(16)12-19/h1-14,24-25,28,30H,15H2. The van der Waals surface area contributed by atoms with E-state index in [1.54, 1.807) is 24.3 Å². The van der Waals surface area contributed by atoms with Crippen LogP contribution < -0.4 is 5.32 Å². The van der Waals surface area contributed by atoms with Crippen molar-refractivity contribution in [1.29, 1.82) is 0 Å². The number of halogens is 2. The van der Waals surface area contributed by atoms with Gasteiger partial charge in [0.25, 0.3) is 5.69 Å². The molecule has 0 aliphatic heterocycles. The summed E-state index contributed by atoms with van der Waals surface area (Å²) in [5, 5.41) is 28.5. The number of nitrogens with one attached hydrogen (secondary N) is 1. The van der Waals surface area contributed by atoms with Crippen molar-refractivity contribution in [3.8, 4) is 0 Å². The van der Waals surface area contributed by atoms with Gasteiger partial charge in [0.2, 0.25) is 0 Å². The van der Waals surface area contributed by atoms with Crippen LogP contribution in [0.3, 0.4) is 0 Å². The molecule has 32 heavy (non-hydrogen) atoms. The van der Waals surface area contributed by atoms with Crippen molar-refractivity contribution in [2.24, 2.45) is 0 Å². The van der Waals surface area contributed by atoms with Crippen LogP contribution in [0.2, 0.25) is 10.0 Å². The zero-order valence-corrected chi connectivity index (χ0v) is 18.4. The van der Waals surface area contributed by atoms with Crippen molar-refractivity contribution in [2.45, 2.75) is 18.6 Å². The van der Waals surface area contributed by atoms with Gasteiger partial charge in [-0.25, -0.2) is 0 Å². The van der Waals surface area contributed by atoms with Crippen molar-refractivity contribution in [1.82, 2.24) is 0 Å². The van der Waals surface area contributed by atoms with E-state index < -0.39 is 11.0 Å². The molecule has 0 radical (unpaired) electrons. The average Bonchev–Trinajstić information content (AvgIpc) is 2.80. The highest BCUT2D eigenvalue weighted by molar-refractivity contribution is 6.42. The Labute approximate surface area is 195 Å². The van der Waals surface area contributed by atoms with Crippen molar-refractivity contribution < 1.29 is 10.0 Å². The topological polar surface area (TPSA) is 75.4 Å². The molecule has 2 atom stereocenters. The van der Waals surface area contributed by atoms with Gasteiger partial charge < -0.3 is 10.4 Å². The highest BCUT2D eigenvalue weighted by atomic mass is 35.5. The maximum Gasteiger partial charge on any atom is 0.271 e. The summed E-state index contributed by atoms with van der Waals surface area (Å²) in [5.41, 5.74) is 2.15. The minimum absolute atomic E-state index is 0.0158. The third-order valence-corrected chi connectivity index (χ3v) is 6.10. The second-order valence-electron chi connectivity index (χ2n) is 7.54. The van der Waals surface area contributed by atoms with Gasteiger partial charge in [-0.1, -0.05) is 71.7 Å². The number of nitrogens with zero attached hydrogens (tertiary/aromatic N) is 1. The molecule has 5 nitrogen and oxygen atoms in total.